The third kappa shape index (κ3) is 7.18. The number of nitrogens with one attached hydrogen (secondary N) is 2. The molecule has 0 bridgehead atoms. The number of anilines is 2. The van der Waals surface area contributed by atoms with E-state index in [1.54, 1.807) is 10.9 Å². The number of carbonyl (C=O) groups is 2. The van der Waals surface area contributed by atoms with E-state index in [1.165, 1.54) is 10.4 Å². The summed E-state index contributed by atoms with van der Waals surface area (Å²) in [6.45, 7) is 6.01. The van der Waals surface area contributed by atoms with Gasteiger partial charge in [0.15, 0.2) is 41.5 Å². The van der Waals surface area contributed by atoms with Gasteiger partial charge in [-0.05, 0) is 64.4 Å². The van der Waals surface area contributed by atoms with Gasteiger partial charge in [0, 0.05) is 35.8 Å². The van der Waals surface area contributed by atoms with Crippen LogP contribution >= 0.6 is 22.6 Å². The molecule has 2 fully saturated rings. The zero-order valence-corrected chi connectivity index (χ0v) is 28.7. The van der Waals surface area contributed by atoms with E-state index >= 15 is 0 Å². The lowest BCUT2D eigenvalue weighted by Gasteiger charge is -2.21. The van der Waals surface area contributed by atoms with E-state index in [2.05, 4.69) is 88.9 Å². The first-order valence-electron chi connectivity index (χ1n) is 15.9. The molecule has 2 N–H and O–H groups in total. The lowest BCUT2D eigenvalue weighted by atomic mass is 10.1. The van der Waals surface area contributed by atoms with Crippen LogP contribution in [0.25, 0.3) is 11.2 Å². The number of likely N-dealkylation sites (tertiary alicyclic amines) is 1. The second kappa shape index (κ2) is 14.8. The molecule has 17 heteroatoms. The van der Waals surface area contributed by atoms with Crippen LogP contribution in [0.3, 0.4) is 0 Å². The molecule has 49 heavy (non-hydrogen) atoms. The van der Waals surface area contributed by atoms with Crippen molar-refractivity contribution in [2.24, 2.45) is 0 Å². The maximum Gasteiger partial charge on any atom is 0.293 e. The van der Waals surface area contributed by atoms with Gasteiger partial charge >= 0.3 is 0 Å². The van der Waals surface area contributed by atoms with E-state index in [0.717, 1.165) is 35.2 Å². The van der Waals surface area contributed by atoms with E-state index in [0.29, 0.717) is 36.0 Å². The van der Waals surface area contributed by atoms with Crippen molar-refractivity contribution >= 4 is 58.5 Å². The van der Waals surface area contributed by atoms with E-state index in [4.69, 9.17) is 24.2 Å². The van der Waals surface area contributed by atoms with Gasteiger partial charge in [-0.25, -0.2) is 4.98 Å². The smallest absolute Gasteiger partial charge is 0.293 e. The molecular formula is C32H34IN11O5. The molecular weight excluding hydrogens is 745 g/mol. The number of carbonyl (C=O) groups excluding carboxylic acids is 2. The van der Waals surface area contributed by atoms with Gasteiger partial charge in [0.1, 0.15) is 0 Å². The number of nitrogens with zero attached hydrogens (tertiary/aromatic N) is 9. The highest BCUT2D eigenvalue weighted by Crippen LogP contribution is 2.42. The van der Waals surface area contributed by atoms with Crippen LogP contribution in [-0.4, -0.2) is 88.9 Å². The molecule has 5 aromatic rings. The van der Waals surface area contributed by atoms with Crippen molar-refractivity contribution in [3.05, 3.63) is 81.4 Å². The van der Waals surface area contributed by atoms with Gasteiger partial charge in [-0.15, -0.1) is 10.2 Å². The quantitative estimate of drug-likeness (QED) is 0.124. The van der Waals surface area contributed by atoms with Gasteiger partial charge in [0.25, 0.3) is 12.9 Å². The normalized spacial score (nSPS) is 22.3. The number of aryl methyl sites for hydroxylation is 1. The summed E-state index contributed by atoms with van der Waals surface area (Å²) in [6.07, 6.45) is -1.67. The van der Waals surface area contributed by atoms with Crippen LogP contribution < -0.4 is 10.6 Å². The first-order valence-corrected chi connectivity index (χ1v) is 17.0. The SMILES string of the molecule is CCn1nnc([C@H]2O[C@@H](n3cnc4c(NCc5cccc(I)c5)nc(NC5CCN(Cc6ccccc6)C5)nc43)[C@H](OC=O)[C@@H]2OC=O)n1. The molecule has 2 aliphatic heterocycles. The van der Waals surface area contributed by atoms with Gasteiger partial charge in [0.2, 0.25) is 11.8 Å². The fraction of sp³-hybridized carbons (Fsp3) is 0.375. The average molecular weight is 780 g/mol. The Morgan fingerprint density at radius 2 is 1.86 bits per heavy atom. The third-order valence-electron chi connectivity index (χ3n) is 8.52. The fourth-order valence-electron chi connectivity index (χ4n) is 6.24. The van der Waals surface area contributed by atoms with Crippen LogP contribution in [0.4, 0.5) is 11.8 Å². The summed E-state index contributed by atoms with van der Waals surface area (Å²) < 4.78 is 20.0. The summed E-state index contributed by atoms with van der Waals surface area (Å²) in [7, 11) is 0. The molecule has 7 rings (SSSR count). The molecule has 5 heterocycles. The third-order valence-corrected chi connectivity index (χ3v) is 9.19. The molecule has 1 unspecified atom stereocenters. The topological polar surface area (TPSA) is 176 Å². The Morgan fingerprint density at radius 3 is 2.63 bits per heavy atom. The minimum Gasteiger partial charge on any atom is -0.457 e. The first-order chi connectivity index (χ1) is 24.0. The number of hydrogen-bond donors (Lipinski definition) is 2. The van der Waals surface area contributed by atoms with Crippen molar-refractivity contribution in [1.29, 1.82) is 0 Å². The van der Waals surface area contributed by atoms with Crippen LogP contribution in [0.15, 0.2) is 60.9 Å². The molecule has 2 saturated heterocycles. The van der Waals surface area contributed by atoms with E-state index < -0.39 is 24.5 Å². The molecule has 3 aromatic heterocycles. The minimum atomic E-state index is -1.07. The van der Waals surface area contributed by atoms with Crippen molar-refractivity contribution in [2.45, 2.75) is 63.6 Å². The van der Waals surface area contributed by atoms with Gasteiger partial charge in [-0.1, -0.05) is 42.5 Å². The van der Waals surface area contributed by atoms with Crippen molar-refractivity contribution in [1.82, 2.24) is 44.6 Å². The summed E-state index contributed by atoms with van der Waals surface area (Å²) in [5.74, 6) is 1.10. The summed E-state index contributed by atoms with van der Waals surface area (Å²) in [5, 5.41) is 19.4. The number of fused-ring (bicyclic) bond motifs is 1. The Morgan fingerprint density at radius 1 is 1.04 bits per heavy atom. The van der Waals surface area contributed by atoms with Crippen LogP contribution in [-0.2, 0) is 43.4 Å². The van der Waals surface area contributed by atoms with Crippen LogP contribution in [0, 0.1) is 3.57 Å². The highest BCUT2D eigenvalue weighted by atomic mass is 127. The number of tetrazole rings is 1. The fourth-order valence-corrected chi connectivity index (χ4v) is 6.85. The minimum absolute atomic E-state index is 0.108. The maximum absolute atomic E-state index is 11.7. The van der Waals surface area contributed by atoms with Crippen molar-refractivity contribution in [3.8, 4) is 0 Å². The molecule has 5 atom stereocenters. The van der Waals surface area contributed by atoms with E-state index in [-0.39, 0.29) is 24.8 Å². The number of hydrogen-bond acceptors (Lipinski definition) is 14. The molecule has 2 aromatic carbocycles. The Bertz CT molecular complexity index is 1910. The Kier molecular flexibility index (Phi) is 9.89. The number of benzene rings is 2. The maximum atomic E-state index is 11.7. The first kappa shape index (κ1) is 32.8. The molecule has 254 valence electrons. The number of rotatable bonds is 14. The number of halogens is 1. The predicted molar refractivity (Wildman–Crippen MR) is 184 cm³/mol. The van der Waals surface area contributed by atoms with Crippen LogP contribution in [0.5, 0.6) is 0 Å². The lowest BCUT2D eigenvalue weighted by Crippen LogP contribution is -2.34. The monoisotopic (exact) mass is 779 g/mol. The Hall–Kier alpha value is -4.75. The summed E-state index contributed by atoms with van der Waals surface area (Å²) >= 11 is 2.29. The molecule has 0 radical (unpaired) electrons. The van der Waals surface area contributed by atoms with Crippen molar-refractivity contribution in [3.63, 3.8) is 0 Å². The molecule has 16 nitrogen and oxygen atoms in total. The van der Waals surface area contributed by atoms with Crippen LogP contribution in [0.2, 0.25) is 0 Å². The highest BCUT2D eigenvalue weighted by molar-refractivity contribution is 14.1. The summed E-state index contributed by atoms with van der Waals surface area (Å²) in [5.41, 5.74) is 3.23. The Labute approximate surface area is 294 Å². The second-order valence-electron chi connectivity index (χ2n) is 11.7. The lowest BCUT2D eigenvalue weighted by molar-refractivity contribution is -0.151. The molecule has 0 amide bonds. The van der Waals surface area contributed by atoms with Crippen LogP contribution in [0.1, 0.15) is 42.6 Å². The zero-order chi connectivity index (χ0) is 33.7. The second-order valence-corrected chi connectivity index (χ2v) is 13.0. The van der Waals surface area contributed by atoms with Gasteiger partial charge in [-0.3, -0.25) is 19.1 Å². The number of imidazole rings is 1. The van der Waals surface area contributed by atoms with Gasteiger partial charge in [0.05, 0.1) is 12.9 Å². The van der Waals surface area contributed by atoms with E-state index in [9.17, 15) is 9.59 Å². The summed E-state index contributed by atoms with van der Waals surface area (Å²) in [6, 6.07) is 18.7. The standard InChI is InChI=1S/C32H34IN11O5/c1-2-44-40-29(39-41-44)26-25(47-18-45)27(48-19-46)31(49-26)43-17-35-24-28(34-14-21-9-6-10-22(33)13-21)37-32(38-30(24)43)36-23-11-12-42(16-23)15-20-7-4-3-5-8-20/h3-10,13,17-19,23,25-27,31H,2,11-12,14-16H2,1H3,(H2,34,36,37,38)/t23?,25-,26+,27-,31-/m1/s1. The largest absolute Gasteiger partial charge is 0.457 e. The molecule has 0 saturated carbocycles. The van der Waals surface area contributed by atoms with Gasteiger partial charge < -0.3 is 24.8 Å². The molecule has 0 spiro atoms. The number of aromatic nitrogens is 8. The van der Waals surface area contributed by atoms with Gasteiger partial charge in [-0.2, -0.15) is 14.8 Å². The van der Waals surface area contributed by atoms with Crippen molar-refractivity contribution in [2.75, 3.05) is 23.7 Å². The Balaban J connectivity index is 1.21. The van der Waals surface area contributed by atoms with Crippen molar-refractivity contribution < 1.29 is 23.8 Å². The molecule has 2 aliphatic rings. The predicted octanol–water partition coefficient (Wildman–Crippen LogP) is 3.09. The highest BCUT2D eigenvalue weighted by Gasteiger charge is 2.52. The zero-order valence-electron chi connectivity index (χ0n) is 26.5. The summed E-state index contributed by atoms with van der Waals surface area (Å²) in [4.78, 5) is 41.5. The number of ether oxygens (including phenoxy) is 3. The molecule has 0 aliphatic carbocycles. The van der Waals surface area contributed by atoms with E-state index in [1.807, 2.05) is 31.2 Å². The average Bonchev–Trinajstić information content (AvgIpc) is 3.92.